The fourth-order valence-corrected chi connectivity index (χ4v) is 3.13. The average molecular weight is 320 g/mol. The number of hydrogen-bond acceptors (Lipinski definition) is 4. The summed E-state index contributed by atoms with van der Waals surface area (Å²) in [5, 5.41) is 0. The van der Waals surface area contributed by atoms with Gasteiger partial charge in [-0.2, -0.15) is 0 Å². The molecule has 0 radical (unpaired) electrons. The molecular formula is C10H14BrN3O2S. The van der Waals surface area contributed by atoms with Gasteiger partial charge in [0.2, 0.25) is 10.0 Å². The third kappa shape index (κ3) is 3.23. The predicted octanol–water partition coefficient (Wildman–Crippen LogP) is 1.38. The first-order valence-corrected chi connectivity index (χ1v) is 8.03. The van der Waals surface area contributed by atoms with Crippen molar-refractivity contribution in [3.05, 3.63) is 22.7 Å². The van der Waals surface area contributed by atoms with Crippen LogP contribution < -0.4 is 0 Å². The summed E-state index contributed by atoms with van der Waals surface area (Å²) in [5.41, 5.74) is 0.863. The molecule has 1 fully saturated rings. The predicted molar refractivity (Wildman–Crippen MR) is 68.1 cm³/mol. The molecule has 1 aliphatic heterocycles. The lowest BCUT2D eigenvalue weighted by Gasteiger charge is -2.30. The van der Waals surface area contributed by atoms with E-state index in [1.54, 1.807) is 12.4 Å². The van der Waals surface area contributed by atoms with E-state index >= 15 is 0 Å². The van der Waals surface area contributed by atoms with Crippen molar-refractivity contribution < 1.29 is 8.42 Å². The van der Waals surface area contributed by atoms with Crippen molar-refractivity contribution in [3.63, 3.8) is 0 Å². The fourth-order valence-electron chi connectivity index (χ4n) is 2.02. The fraction of sp³-hybridized carbons (Fsp3) is 0.600. The van der Waals surface area contributed by atoms with Crippen LogP contribution in [-0.2, 0) is 10.0 Å². The van der Waals surface area contributed by atoms with Crippen molar-refractivity contribution in [3.8, 4) is 0 Å². The Bertz CT molecular complexity index is 489. The van der Waals surface area contributed by atoms with E-state index in [-0.39, 0.29) is 5.92 Å². The molecule has 1 saturated heterocycles. The Morgan fingerprint density at radius 1 is 1.41 bits per heavy atom. The lowest BCUT2D eigenvalue weighted by Crippen LogP contribution is -2.38. The summed E-state index contributed by atoms with van der Waals surface area (Å²) in [4.78, 5) is 8.42. The van der Waals surface area contributed by atoms with E-state index < -0.39 is 10.0 Å². The van der Waals surface area contributed by atoms with Crippen LogP contribution in [0.3, 0.4) is 0 Å². The number of sulfonamides is 1. The second kappa shape index (κ2) is 4.99. The van der Waals surface area contributed by atoms with Crippen LogP contribution in [0.1, 0.15) is 24.5 Å². The smallest absolute Gasteiger partial charge is 0.211 e. The lowest BCUT2D eigenvalue weighted by molar-refractivity contribution is 0.314. The van der Waals surface area contributed by atoms with Gasteiger partial charge in [-0.25, -0.2) is 17.7 Å². The zero-order valence-corrected chi connectivity index (χ0v) is 11.9. The first-order chi connectivity index (χ1) is 7.97. The molecule has 0 bridgehead atoms. The van der Waals surface area contributed by atoms with E-state index in [9.17, 15) is 8.42 Å². The van der Waals surface area contributed by atoms with Gasteiger partial charge in [-0.05, 0) is 28.8 Å². The van der Waals surface area contributed by atoms with Gasteiger partial charge in [-0.15, -0.1) is 0 Å². The average Bonchev–Trinajstić information content (AvgIpc) is 2.29. The Labute approximate surface area is 109 Å². The van der Waals surface area contributed by atoms with Gasteiger partial charge in [0, 0.05) is 19.0 Å². The molecule has 1 aliphatic rings. The van der Waals surface area contributed by atoms with Gasteiger partial charge in [0.25, 0.3) is 0 Å². The quantitative estimate of drug-likeness (QED) is 0.826. The van der Waals surface area contributed by atoms with Crippen LogP contribution in [0.4, 0.5) is 0 Å². The van der Waals surface area contributed by atoms with Crippen molar-refractivity contribution in [2.75, 3.05) is 19.3 Å². The molecule has 0 aromatic carbocycles. The first-order valence-electron chi connectivity index (χ1n) is 5.39. The third-order valence-electron chi connectivity index (χ3n) is 2.91. The molecule has 0 N–H and O–H groups in total. The molecule has 5 nitrogen and oxygen atoms in total. The minimum absolute atomic E-state index is 0.152. The second-order valence-corrected chi connectivity index (χ2v) is 7.02. The van der Waals surface area contributed by atoms with E-state index in [1.165, 1.54) is 10.6 Å². The van der Waals surface area contributed by atoms with Gasteiger partial charge < -0.3 is 0 Å². The summed E-state index contributed by atoms with van der Waals surface area (Å²) in [7, 11) is -3.10. The maximum absolute atomic E-state index is 11.5. The summed E-state index contributed by atoms with van der Waals surface area (Å²) in [6.07, 6.45) is 6.44. The number of piperidine rings is 1. The molecule has 1 aromatic rings. The van der Waals surface area contributed by atoms with E-state index in [0.29, 0.717) is 17.7 Å². The van der Waals surface area contributed by atoms with Crippen molar-refractivity contribution in [2.24, 2.45) is 0 Å². The van der Waals surface area contributed by atoms with Crippen LogP contribution in [0, 0.1) is 0 Å². The summed E-state index contributed by atoms with van der Waals surface area (Å²) in [6.45, 7) is 1.12. The van der Waals surface area contributed by atoms with Gasteiger partial charge in [0.1, 0.15) is 4.60 Å². The Balaban J connectivity index is 2.15. The number of rotatable bonds is 2. The van der Waals surface area contributed by atoms with Crippen molar-refractivity contribution in [1.29, 1.82) is 0 Å². The van der Waals surface area contributed by atoms with E-state index in [2.05, 4.69) is 25.9 Å². The first kappa shape index (κ1) is 12.9. The summed E-state index contributed by atoms with van der Waals surface area (Å²) >= 11 is 3.23. The minimum atomic E-state index is -3.10. The topological polar surface area (TPSA) is 63.2 Å². The minimum Gasteiger partial charge on any atom is -0.257 e. The molecule has 1 atom stereocenters. The van der Waals surface area contributed by atoms with Gasteiger partial charge in [-0.3, -0.25) is 4.98 Å². The molecule has 1 aromatic heterocycles. The van der Waals surface area contributed by atoms with Crippen molar-refractivity contribution in [2.45, 2.75) is 18.8 Å². The maximum atomic E-state index is 11.5. The van der Waals surface area contributed by atoms with E-state index in [1.807, 2.05) is 0 Å². The van der Waals surface area contributed by atoms with Gasteiger partial charge in [0.15, 0.2) is 0 Å². The molecule has 17 heavy (non-hydrogen) atoms. The molecule has 0 saturated carbocycles. The number of nitrogens with zero attached hydrogens (tertiary/aromatic N) is 3. The molecule has 2 heterocycles. The largest absolute Gasteiger partial charge is 0.257 e. The molecule has 7 heteroatoms. The highest BCUT2D eigenvalue weighted by Gasteiger charge is 2.27. The summed E-state index contributed by atoms with van der Waals surface area (Å²) < 4.78 is 25.2. The van der Waals surface area contributed by atoms with Crippen LogP contribution in [0.5, 0.6) is 0 Å². The van der Waals surface area contributed by atoms with Crippen LogP contribution >= 0.6 is 15.9 Å². The maximum Gasteiger partial charge on any atom is 0.211 e. The highest BCUT2D eigenvalue weighted by Crippen LogP contribution is 2.26. The Morgan fingerprint density at radius 2 is 2.18 bits per heavy atom. The normalized spacial score (nSPS) is 22.6. The van der Waals surface area contributed by atoms with Gasteiger partial charge in [0.05, 0.1) is 24.3 Å². The summed E-state index contributed by atoms with van der Waals surface area (Å²) in [5.74, 6) is 0.152. The standard InChI is InChI=1S/C10H14BrN3O2S/c1-17(15,16)14-4-2-3-8(7-14)9-5-13-10(11)6-12-9/h5-6,8H,2-4,7H2,1H3/t8-/m0/s1. The molecule has 94 valence electrons. The van der Waals surface area contributed by atoms with Gasteiger partial charge in [-0.1, -0.05) is 0 Å². The zero-order chi connectivity index (χ0) is 12.5. The van der Waals surface area contributed by atoms with Crippen LogP contribution in [0.2, 0.25) is 0 Å². The summed E-state index contributed by atoms with van der Waals surface area (Å²) in [6, 6.07) is 0. The van der Waals surface area contributed by atoms with E-state index in [4.69, 9.17) is 0 Å². The highest BCUT2D eigenvalue weighted by molar-refractivity contribution is 9.10. The SMILES string of the molecule is CS(=O)(=O)N1CCC[C@H](c2cnc(Br)cn2)C1. The van der Waals surface area contributed by atoms with Crippen LogP contribution in [-0.4, -0.2) is 42.0 Å². The highest BCUT2D eigenvalue weighted by atomic mass is 79.9. The molecular weight excluding hydrogens is 306 g/mol. The number of hydrogen-bond donors (Lipinski definition) is 0. The third-order valence-corrected chi connectivity index (χ3v) is 4.59. The Hall–Kier alpha value is -0.530. The van der Waals surface area contributed by atoms with Crippen LogP contribution in [0.15, 0.2) is 17.0 Å². The Kier molecular flexibility index (Phi) is 3.79. The number of aromatic nitrogens is 2. The molecule has 2 rings (SSSR count). The molecule has 0 amide bonds. The zero-order valence-electron chi connectivity index (χ0n) is 9.50. The van der Waals surface area contributed by atoms with Crippen molar-refractivity contribution >= 4 is 26.0 Å². The van der Waals surface area contributed by atoms with E-state index in [0.717, 1.165) is 18.5 Å². The van der Waals surface area contributed by atoms with Crippen molar-refractivity contribution in [1.82, 2.24) is 14.3 Å². The second-order valence-electron chi connectivity index (χ2n) is 4.22. The monoisotopic (exact) mass is 319 g/mol. The molecule has 0 spiro atoms. The lowest BCUT2D eigenvalue weighted by atomic mass is 9.96. The van der Waals surface area contributed by atoms with Gasteiger partial charge >= 0.3 is 0 Å². The molecule has 0 unspecified atom stereocenters. The Morgan fingerprint density at radius 3 is 2.76 bits per heavy atom. The van der Waals surface area contributed by atoms with Crippen LogP contribution in [0.25, 0.3) is 0 Å². The number of halogens is 1. The molecule has 0 aliphatic carbocycles.